The Balaban J connectivity index is 1.44. The summed E-state index contributed by atoms with van der Waals surface area (Å²) in [4.78, 5) is 16.3. The predicted octanol–water partition coefficient (Wildman–Crippen LogP) is 4.27. The molecule has 1 N–H and O–H groups in total. The van der Waals surface area contributed by atoms with E-state index in [1.807, 2.05) is 31.2 Å². The number of hydrogen-bond acceptors (Lipinski definition) is 4. The molecule has 0 atom stereocenters. The molecule has 5 nitrogen and oxygen atoms in total. The van der Waals surface area contributed by atoms with Crippen LogP contribution in [0.25, 0.3) is 11.3 Å². The molecule has 0 spiro atoms. The third-order valence-electron chi connectivity index (χ3n) is 4.23. The highest BCUT2D eigenvalue weighted by Crippen LogP contribution is 2.21. The average molecular weight is 382 g/mol. The summed E-state index contributed by atoms with van der Waals surface area (Å²) in [6.07, 6.45) is 2.27. The van der Waals surface area contributed by atoms with Crippen molar-refractivity contribution in [2.45, 2.75) is 32.9 Å². The molecule has 6 heteroatoms. The van der Waals surface area contributed by atoms with E-state index >= 15 is 0 Å². The Morgan fingerprint density at radius 3 is 2.54 bits per heavy atom. The van der Waals surface area contributed by atoms with Crippen LogP contribution in [0, 0.1) is 5.82 Å². The second-order valence-electron chi connectivity index (χ2n) is 6.36. The van der Waals surface area contributed by atoms with Gasteiger partial charge >= 0.3 is 0 Å². The molecule has 1 heterocycles. The molecule has 28 heavy (non-hydrogen) atoms. The van der Waals surface area contributed by atoms with Gasteiger partial charge in [-0.2, -0.15) is 0 Å². The molecular weight excluding hydrogens is 359 g/mol. The van der Waals surface area contributed by atoms with Crippen molar-refractivity contribution in [1.82, 2.24) is 10.3 Å². The summed E-state index contributed by atoms with van der Waals surface area (Å²) in [6, 6.07) is 14.0. The van der Waals surface area contributed by atoms with Crippen LogP contribution < -0.4 is 5.32 Å². The molecule has 0 aliphatic heterocycles. The first-order valence-electron chi connectivity index (χ1n) is 9.27. The van der Waals surface area contributed by atoms with Gasteiger partial charge in [0.2, 0.25) is 5.91 Å². The first-order valence-corrected chi connectivity index (χ1v) is 9.27. The van der Waals surface area contributed by atoms with Crippen LogP contribution in [0.1, 0.15) is 30.4 Å². The van der Waals surface area contributed by atoms with Crippen molar-refractivity contribution >= 4 is 5.91 Å². The van der Waals surface area contributed by atoms with E-state index in [4.69, 9.17) is 9.15 Å². The Kier molecular flexibility index (Phi) is 6.92. The highest BCUT2D eigenvalue weighted by atomic mass is 19.1. The quantitative estimate of drug-likeness (QED) is 0.600. The van der Waals surface area contributed by atoms with E-state index in [0.717, 1.165) is 16.7 Å². The van der Waals surface area contributed by atoms with E-state index in [1.165, 1.54) is 12.1 Å². The van der Waals surface area contributed by atoms with E-state index in [1.54, 1.807) is 18.3 Å². The lowest BCUT2D eigenvalue weighted by Gasteiger charge is -2.06. The monoisotopic (exact) mass is 382 g/mol. The normalized spacial score (nSPS) is 10.8. The molecule has 0 unspecified atom stereocenters. The molecule has 0 aliphatic carbocycles. The predicted molar refractivity (Wildman–Crippen MR) is 104 cm³/mol. The molecule has 0 fully saturated rings. The molecule has 2 aromatic carbocycles. The minimum absolute atomic E-state index is 0.0695. The third kappa shape index (κ3) is 5.76. The fourth-order valence-electron chi connectivity index (χ4n) is 2.66. The van der Waals surface area contributed by atoms with Crippen LogP contribution in [0.5, 0.6) is 0 Å². The molecule has 3 rings (SSSR count). The summed E-state index contributed by atoms with van der Waals surface area (Å²) in [7, 11) is 0. The molecule has 3 aromatic rings. The highest BCUT2D eigenvalue weighted by molar-refractivity contribution is 5.76. The number of aryl methyl sites for hydroxylation is 1. The Bertz CT molecular complexity index is 889. The van der Waals surface area contributed by atoms with Crippen LogP contribution in [0.3, 0.4) is 0 Å². The lowest BCUT2D eigenvalue weighted by Crippen LogP contribution is -2.23. The van der Waals surface area contributed by atoms with Crippen molar-refractivity contribution in [2.24, 2.45) is 0 Å². The van der Waals surface area contributed by atoms with Crippen LogP contribution >= 0.6 is 0 Å². The second-order valence-corrected chi connectivity index (χ2v) is 6.36. The van der Waals surface area contributed by atoms with Gasteiger partial charge in [-0.3, -0.25) is 4.79 Å². The molecule has 146 valence electrons. The van der Waals surface area contributed by atoms with Crippen molar-refractivity contribution in [1.29, 1.82) is 0 Å². The average Bonchev–Trinajstić information content (AvgIpc) is 3.19. The second kappa shape index (κ2) is 9.80. The first kappa shape index (κ1) is 19.8. The number of aromatic nitrogens is 1. The molecule has 0 saturated heterocycles. The fraction of sp³-hybridized carbons (Fsp3) is 0.273. The van der Waals surface area contributed by atoms with Gasteiger partial charge in [-0.25, -0.2) is 9.37 Å². The van der Waals surface area contributed by atoms with Crippen molar-refractivity contribution in [3.63, 3.8) is 0 Å². The number of hydrogen-bond donors (Lipinski definition) is 1. The lowest BCUT2D eigenvalue weighted by atomic mass is 10.1. The zero-order valence-corrected chi connectivity index (χ0v) is 15.8. The van der Waals surface area contributed by atoms with Gasteiger partial charge < -0.3 is 14.5 Å². The Morgan fingerprint density at radius 1 is 1.11 bits per heavy atom. The largest absolute Gasteiger partial charge is 0.441 e. The highest BCUT2D eigenvalue weighted by Gasteiger charge is 2.09. The van der Waals surface area contributed by atoms with Crippen LogP contribution in [0.2, 0.25) is 0 Å². The fourth-order valence-corrected chi connectivity index (χ4v) is 2.66. The summed E-state index contributed by atoms with van der Waals surface area (Å²) >= 11 is 0. The molecule has 0 radical (unpaired) electrons. The number of amides is 1. The van der Waals surface area contributed by atoms with Gasteiger partial charge in [0.25, 0.3) is 0 Å². The number of carbonyl (C=O) groups excluding carboxylic acids is 1. The maximum Gasteiger partial charge on any atom is 0.220 e. The smallest absolute Gasteiger partial charge is 0.220 e. The van der Waals surface area contributed by atoms with E-state index in [-0.39, 0.29) is 18.1 Å². The first-order chi connectivity index (χ1) is 13.6. The van der Waals surface area contributed by atoms with Crippen molar-refractivity contribution in [2.75, 3.05) is 6.61 Å². The summed E-state index contributed by atoms with van der Waals surface area (Å²) in [5.41, 5.74) is 2.89. The van der Waals surface area contributed by atoms with Crippen LogP contribution in [0.4, 0.5) is 4.39 Å². The minimum atomic E-state index is -0.302. The molecule has 0 saturated carbocycles. The van der Waals surface area contributed by atoms with Gasteiger partial charge in [-0.15, -0.1) is 0 Å². The third-order valence-corrected chi connectivity index (χ3v) is 4.23. The Hall–Kier alpha value is -2.99. The molecule has 0 aliphatic rings. The SMILES string of the molecule is CCOCc1ccc(CNC(=O)CCc2ncc(-c3ccc(F)cc3)o2)cc1. The number of nitrogens with zero attached hydrogens (tertiary/aromatic N) is 1. The van der Waals surface area contributed by atoms with Crippen molar-refractivity contribution < 1.29 is 18.3 Å². The van der Waals surface area contributed by atoms with Gasteiger partial charge in [-0.05, 0) is 42.3 Å². The van der Waals surface area contributed by atoms with E-state index in [0.29, 0.717) is 37.8 Å². The van der Waals surface area contributed by atoms with Gasteiger partial charge in [0.1, 0.15) is 5.82 Å². The lowest BCUT2D eigenvalue weighted by molar-refractivity contribution is -0.121. The number of benzene rings is 2. The van der Waals surface area contributed by atoms with Crippen molar-refractivity contribution in [3.8, 4) is 11.3 Å². The van der Waals surface area contributed by atoms with Crippen LogP contribution in [0.15, 0.2) is 59.1 Å². The number of rotatable bonds is 9. The van der Waals surface area contributed by atoms with Crippen molar-refractivity contribution in [3.05, 3.63) is 77.6 Å². The van der Waals surface area contributed by atoms with Crippen LogP contribution in [-0.4, -0.2) is 17.5 Å². The van der Waals surface area contributed by atoms with E-state index < -0.39 is 0 Å². The van der Waals surface area contributed by atoms with Gasteiger partial charge in [0.15, 0.2) is 11.7 Å². The number of ether oxygens (including phenoxy) is 1. The van der Waals surface area contributed by atoms with Gasteiger partial charge in [0.05, 0.1) is 12.8 Å². The minimum Gasteiger partial charge on any atom is -0.441 e. The Labute approximate surface area is 163 Å². The zero-order valence-electron chi connectivity index (χ0n) is 15.8. The molecular formula is C22H23FN2O3. The van der Waals surface area contributed by atoms with Gasteiger partial charge in [0, 0.05) is 31.6 Å². The van der Waals surface area contributed by atoms with E-state index in [2.05, 4.69) is 10.3 Å². The number of carbonyl (C=O) groups is 1. The number of halogens is 1. The molecule has 1 aromatic heterocycles. The molecule has 1 amide bonds. The standard InChI is InChI=1S/C22H23FN2O3/c1-2-27-15-17-5-3-16(4-6-17)13-24-21(26)11-12-22-25-14-20(28-22)18-7-9-19(23)10-8-18/h3-10,14H,2,11-13,15H2,1H3,(H,24,26). The van der Waals surface area contributed by atoms with E-state index in [9.17, 15) is 9.18 Å². The number of nitrogens with one attached hydrogen (secondary N) is 1. The van der Waals surface area contributed by atoms with Crippen LogP contribution in [-0.2, 0) is 29.1 Å². The summed E-state index contributed by atoms with van der Waals surface area (Å²) < 4.78 is 24.0. The topological polar surface area (TPSA) is 64.4 Å². The maximum absolute atomic E-state index is 13.0. The summed E-state index contributed by atoms with van der Waals surface area (Å²) in [6.45, 7) is 3.72. The number of oxazole rings is 1. The maximum atomic E-state index is 13.0. The summed E-state index contributed by atoms with van der Waals surface area (Å²) in [5, 5.41) is 2.90. The molecule has 0 bridgehead atoms. The van der Waals surface area contributed by atoms with Gasteiger partial charge in [-0.1, -0.05) is 24.3 Å². The summed E-state index contributed by atoms with van der Waals surface area (Å²) in [5.74, 6) is 0.668. The zero-order chi connectivity index (χ0) is 19.8. The Morgan fingerprint density at radius 2 is 1.82 bits per heavy atom.